The van der Waals surface area contributed by atoms with Crippen LogP contribution in [0.25, 0.3) is 0 Å². The van der Waals surface area contributed by atoms with Crippen LogP contribution < -0.4 is 10.7 Å². The molecule has 0 aromatic heterocycles. The SMILES string of the molecule is CC(CC(=O)NC(C)(C)C)=NNC(=O)c1ccc(O)cc1O. The van der Waals surface area contributed by atoms with Crippen molar-refractivity contribution in [3.05, 3.63) is 23.8 Å². The fourth-order valence-electron chi connectivity index (χ4n) is 1.65. The number of rotatable bonds is 4. The minimum atomic E-state index is -0.631. The molecule has 0 fully saturated rings. The van der Waals surface area contributed by atoms with Crippen molar-refractivity contribution in [2.45, 2.75) is 39.7 Å². The molecule has 22 heavy (non-hydrogen) atoms. The van der Waals surface area contributed by atoms with Gasteiger partial charge in [-0.2, -0.15) is 5.10 Å². The highest BCUT2D eigenvalue weighted by Crippen LogP contribution is 2.22. The van der Waals surface area contributed by atoms with Gasteiger partial charge in [-0.05, 0) is 39.8 Å². The molecule has 120 valence electrons. The van der Waals surface area contributed by atoms with Gasteiger partial charge in [-0.1, -0.05) is 0 Å². The minimum Gasteiger partial charge on any atom is -0.508 e. The van der Waals surface area contributed by atoms with Gasteiger partial charge in [-0.25, -0.2) is 5.43 Å². The van der Waals surface area contributed by atoms with Crippen LogP contribution in [0.1, 0.15) is 44.5 Å². The molecule has 4 N–H and O–H groups in total. The van der Waals surface area contributed by atoms with E-state index in [4.69, 9.17) is 5.11 Å². The highest BCUT2D eigenvalue weighted by atomic mass is 16.3. The molecule has 0 saturated heterocycles. The first-order valence-electron chi connectivity index (χ1n) is 6.75. The zero-order valence-electron chi connectivity index (χ0n) is 13.1. The van der Waals surface area contributed by atoms with Crippen LogP contribution in [0.3, 0.4) is 0 Å². The molecule has 0 aliphatic rings. The van der Waals surface area contributed by atoms with Crippen molar-refractivity contribution >= 4 is 17.5 Å². The second-order valence-corrected chi connectivity index (χ2v) is 5.96. The van der Waals surface area contributed by atoms with Gasteiger partial charge >= 0.3 is 0 Å². The summed E-state index contributed by atoms with van der Waals surface area (Å²) in [6.45, 7) is 7.21. The van der Waals surface area contributed by atoms with Crippen LogP contribution in [-0.4, -0.2) is 33.3 Å². The smallest absolute Gasteiger partial charge is 0.275 e. The molecular formula is C15H21N3O4. The molecule has 0 bridgehead atoms. The number of hydrogen-bond acceptors (Lipinski definition) is 5. The number of hydrogen-bond donors (Lipinski definition) is 4. The summed E-state index contributed by atoms with van der Waals surface area (Å²) in [7, 11) is 0. The molecular weight excluding hydrogens is 286 g/mol. The van der Waals surface area contributed by atoms with E-state index >= 15 is 0 Å². The lowest BCUT2D eigenvalue weighted by Gasteiger charge is -2.20. The van der Waals surface area contributed by atoms with E-state index in [9.17, 15) is 14.7 Å². The van der Waals surface area contributed by atoms with Crippen LogP contribution in [0, 0.1) is 0 Å². The number of amides is 2. The normalized spacial score (nSPS) is 11.9. The predicted octanol–water partition coefficient (Wildman–Crippen LogP) is 1.51. The first-order valence-corrected chi connectivity index (χ1v) is 6.75. The fraction of sp³-hybridized carbons (Fsp3) is 0.400. The number of carbonyl (C=O) groups excluding carboxylic acids is 2. The van der Waals surface area contributed by atoms with E-state index in [0.29, 0.717) is 5.71 Å². The van der Waals surface area contributed by atoms with Gasteiger partial charge in [0.1, 0.15) is 11.5 Å². The molecule has 1 rings (SSSR count). The predicted molar refractivity (Wildman–Crippen MR) is 82.9 cm³/mol. The standard InChI is InChI=1S/C15H21N3O4/c1-9(7-13(21)16-15(2,3)4)17-18-14(22)11-6-5-10(19)8-12(11)20/h5-6,8,19-20H,7H2,1-4H3,(H,16,21)(H,18,22). The molecule has 2 amide bonds. The van der Waals surface area contributed by atoms with Crippen molar-refractivity contribution in [3.8, 4) is 11.5 Å². The molecule has 0 spiro atoms. The molecule has 0 saturated carbocycles. The Hall–Kier alpha value is -2.57. The number of nitrogens with zero attached hydrogens (tertiary/aromatic N) is 1. The molecule has 0 atom stereocenters. The molecule has 0 heterocycles. The summed E-state index contributed by atoms with van der Waals surface area (Å²) in [5.41, 5.74) is 2.32. The fourth-order valence-corrected chi connectivity index (χ4v) is 1.65. The maximum absolute atomic E-state index is 11.8. The van der Waals surface area contributed by atoms with Crippen LogP contribution in [0.2, 0.25) is 0 Å². The van der Waals surface area contributed by atoms with Crippen LogP contribution in [0.5, 0.6) is 11.5 Å². The van der Waals surface area contributed by atoms with Crippen molar-refractivity contribution in [2.75, 3.05) is 0 Å². The number of aromatic hydroxyl groups is 2. The van der Waals surface area contributed by atoms with Crippen molar-refractivity contribution in [3.63, 3.8) is 0 Å². The highest BCUT2D eigenvalue weighted by molar-refractivity contribution is 6.01. The summed E-state index contributed by atoms with van der Waals surface area (Å²) in [6.07, 6.45) is 0.0547. The average molecular weight is 307 g/mol. The van der Waals surface area contributed by atoms with E-state index in [0.717, 1.165) is 6.07 Å². The molecule has 7 heteroatoms. The first kappa shape index (κ1) is 17.5. The number of benzene rings is 1. The third-order valence-corrected chi connectivity index (χ3v) is 2.51. The van der Waals surface area contributed by atoms with E-state index < -0.39 is 5.91 Å². The molecule has 1 aromatic carbocycles. The minimum absolute atomic E-state index is 0.0199. The zero-order valence-corrected chi connectivity index (χ0v) is 13.1. The first-order chi connectivity index (χ1) is 10.1. The maximum Gasteiger partial charge on any atom is 0.275 e. The van der Waals surface area contributed by atoms with E-state index in [1.165, 1.54) is 12.1 Å². The number of phenolic OH excluding ortho intramolecular Hbond substituents is 2. The van der Waals surface area contributed by atoms with Crippen LogP contribution in [0.15, 0.2) is 23.3 Å². The highest BCUT2D eigenvalue weighted by Gasteiger charge is 2.15. The Labute approximate surface area is 129 Å². The lowest BCUT2D eigenvalue weighted by atomic mass is 10.1. The van der Waals surface area contributed by atoms with Crippen molar-refractivity contribution in [1.29, 1.82) is 0 Å². The molecule has 0 radical (unpaired) electrons. The Bertz CT molecular complexity index is 603. The lowest BCUT2D eigenvalue weighted by molar-refractivity contribution is -0.121. The number of phenols is 2. The Balaban J connectivity index is 2.63. The van der Waals surface area contributed by atoms with Gasteiger partial charge in [0, 0.05) is 17.3 Å². The molecule has 0 aliphatic heterocycles. The second kappa shape index (κ2) is 6.93. The molecule has 1 aromatic rings. The topological polar surface area (TPSA) is 111 Å². The summed E-state index contributed by atoms with van der Waals surface area (Å²) < 4.78 is 0. The van der Waals surface area contributed by atoms with E-state index in [1.807, 2.05) is 20.8 Å². The van der Waals surface area contributed by atoms with E-state index in [-0.39, 0.29) is 34.9 Å². The van der Waals surface area contributed by atoms with Crippen LogP contribution in [-0.2, 0) is 4.79 Å². The van der Waals surface area contributed by atoms with E-state index in [1.54, 1.807) is 6.92 Å². The Kier molecular flexibility index (Phi) is 5.50. The van der Waals surface area contributed by atoms with Gasteiger partial charge in [0.15, 0.2) is 0 Å². The second-order valence-electron chi connectivity index (χ2n) is 5.96. The van der Waals surface area contributed by atoms with E-state index in [2.05, 4.69) is 15.8 Å². The van der Waals surface area contributed by atoms with Gasteiger partial charge < -0.3 is 15.5 Å². The maximum atomic E-state index is 11.8. The summed E-state index contributed by atoms with van der Waals surface area (Å²) in [5, 5.41) is 25.3. The van der Waals surface area contributed by atoms with Gasteiger partial charge in [0.25, 0.3) is 5.91 Å². The Morgan fingerprint density at radius 1 is 1.23 bits per heavy atom. The van der Waals surface area contributed by atoms with Gasteiger partial charge in [-0.3, -0.25) is 9.59 Å². The summed E-state index contributed by atoms with van der Waals surface area (Å²) in [5.74, 6) is -1.33. The monoisotopic (exact) mass is 307 g/mol. The third kappa shape index (κ3) is 5.82. The summed E-state index contributed by atoms with van der Waals surface area (Å²) in [6, 6.07) is 3.61. The molecule has 0 aliphatic carbocycles. The van der Waals surface area contributed by atoms with Crippen molar-refractivity contribution < 1.29 is 19.8 Å². The summed E-state index contributed by atoms with van der Waals surface area (Å²) in [4.78, 5) is 23.5. The zero-order chi connectivity index (χ0) is 16.9. The van der Waals surface area contributed by atoms with Crippen LogP contribution in [0.4, 0.5) is 0 Å². The molecule has 7 nitrogen and oxygen atoms in total. The third-order valence-electron chi connectivity index (χ3n) is 2.51. The van der Waals surface area contributed by atoms with Gasteiger partial charge in [0.05, 0.1) is 12.0 Å². The van der Waals surface area contributed by atoms with Crippen LogP contribution >= 0.6 is 0 Å². The number of carbonyl (C=O) groups is 2. The molecule has 0 unspecified atom stereocenters. The average Bonchev–Trinajstić information content (AvgIpc) is 2.33. The van der Waals surface area contributed by atoms with Gasteiger partial charge in [-0.15, -0.1) is 0 Å². The Morgan fingerprint density at radius 2 is 1.86 bits per heavy atom. The number of nitrogens with one attached hydrogen (secondary N) is 2. The quantitative estimate of drug-likeness (QED) is 0.499. The van der Waals surface area contributed by atoms with Crippen molar-refractivity contribution in [1.82, 2.24) is 10.7 Å². The van der Waals surface area contributed by atoms with Gasteiger partial charge in [0.2, 0.25) is 5.91 Å². The Morgan fingerprint density at radius 3 is 2.41 bits per heavy atom. The summed E-state index contributed by atoms with van der Waals surface area (Å²) >= 11 is 0. The van der Waals surface area contributed by atoms with Crippen molar-refractivity contribution in [2.24, 2.45) is 5.10 Å². The largest absolute Gasteiger partial charge is 0.508 e. The lowest BCUT2D eigenvalue weighted by Crippen LogP contribution is -2.41. The number of hydrazone groups is 1.